The minimum absolute atomic E-state index is 0.301. The molecule has 0 spiro atoms. The highest BCUT2D eigenvalue weighted by Crippen LogP contribution is 2.26. The molecule has 0 aliphatic rings. The van der Waals surface area contributed by atoms with Crippen LogP contribution in [0.25, 0.3) is 0 Å². The van der Waals surface area contributed by atoms with Crippen molar-refractivity contribution in [2.24, 2.45) is 0 Å². The Labute approximate surface area is 115 Å². The van der Waals surface area contributed by atoms with Gasteiger partial charge in [-0.3, -0.25) is 0 Å². The highest BCUT2D eigenvalue weighted by Gasteiger charge is 2.13. The molecule has 0 aliphatic carbocycles. The Bertz CT molecular complexity index is 496. The summed E-state index contributed by atoms with van der Waals surface area (Å²) in [6, 6.07) is 7.91. The summed E-state index contributed by atoms with van der Waals surface area (Å²) in [5, 5.41) is 1.86. The van der Waals surface area contributed by atoms with Crippen molar-refractivity contribution in [3.05, 3.63) is 50.9 Å². The molecule has 1 aromatic heterocycles. The fraction of sp³-hybridized carbons (Fsp3) is 0.308. The van der Waals surface area contributed by atoms with Crippen LogP contribution in [-0.4, -0.2) is 10.9 Å². The SMILES string of the molecule is Cc1ncc(CC(CCl)c2cccc(Cl)c2)s1. The van der Waals surface area contributed by atoms with Crippen molar-refractivity contribution in [2.45, 2.75) is 19.3 Å². The summed E-state index contributed by atoms with van der Waals surface area (Å²) in [6.07, 6.45) is 2.86. The molecular formula is C13H13Cl2NS. The molecule has 0 saturated heterocycles. The van der Waals surface area contributed by atoms with Crippen molar-refractivity contribution in [2.75, 3.05) is 5.88 Å². The molecule has 2 aromatic rings. The number of hydrogen-bond acceptors (Lipinski definition) is 2. The molecule has 0 N–H and O–H groups in total. The Balaban J connectivity index is 2.16. The highest BCUT2D eigenvalue weighted by atomic mass is 35.5. The molecule has 1 aromatic carbocycles. The molecule has 0 aliphatic heterocycles. The van der Waals surface area contributed by atoms with E-state index >= 15 is 0 Å². The predicted molar refractivity (Wildman–Crippen MR) is 75.5 cm³/mol. The van der Waals surface area contributed by atoms with Gasteiger partial charge in [0, 0.05) is 27.9 Å². The number of aryl methyl sites for hydroxylation is 1. The van der Waals surface area contributed by atoms with E-state index in [1.54, 1.807) is 11.3 Å². The Hall–Kier alpha value is -0.570. The van der Waals surface area contributed by atoms with Crippen molar-refractivity contribution in [1.82, 2.24) is 4.98 Å². The van der Waals surface area contributed by atoms with Gasteiger partial charge in [0.05, 0.1) is 5.01 Å². The number of alkyl halides is 1. The van der Waals surface area contributed by atoms with Crippen LogP contribution >= 0.6 is 34.5 Å². The Morgan fingerprint density at radius 3 is 2.82 bits per heavy atom. The molecular weight excluding hydrogens is 273 g/mol. The first-order valence-electron chi connectivity index (χ1n) is 5.42. The van der Waals surface area contributed by atoms with Gasteiger partial charge in [-0.15, -0.1) is 22.9 Å². The van der Waals surface area contributed by atoms with Crippen LogP contribution in [0.3, 0.4) is 0 Å². The van der Waals surface area contributed by atoms with E-state index < -0.39 is 0 Å². The van der Waals surface area contributed by atoms with E-state index in [9.17, 15) is 0 Å². The second kappa shape index (κ2) is 5.85. The monoisotopic (exact) mass is 285 g/mol. The molecule has 1 nitrogen and oxygen atoms in total. The summed E-state index contributed by atoms with van der Waals surface area (Å²) >= 11 is 13.8. The lowest BCUT2D eigenvalue weighted by Gasteiger charge is -2.13. The van der Waals surface area contributed by atoms with Crippen molar-refractivity contribution >= 4 is 34.5 Å². The van der Waals surface area contributed by atoms with E-state index in [2.05, 4.69) is 11.1 Å². The van der Waals surface area contributed by atoms with Gasteiger partial charge < -0.3 is 0 Å². The maximum absolute atomic E-state index is 6.05. The lowest BCUT2D eigenvalue weighted by Crippen LogP contribution is -2.03. The van der Waals surface area contributed by atoms with Crippen molar-refractivity contribution < 1.29 is 0 Å². The lowest BCUT2D eigenvalue weighted by molar-refractivity contribution is 0.775. The summed E-state index contributed by atoms with van der Waals surface area (Å²) in [5.74, 6) is 0.896. The number of halogens is 2. The number of thiazole rings is 1. The predicted octanol–water partition coefficient (Wildman–Crippen LogP) is 4.67. The van der Waals surface area contributed by atoms with E-state index in [1.165, 1.54) is 10.4 Å². The molecule has 90 valence electrons. The van der Waals surface area contributed by atoms with E-state index in [0.29, 0.717) is 11.8 Å². The van der Waals surface area contributed by atoms with Crippen LogP contribution < -0.4 is 0 Å². The van der Waals surface area contributed by atoms with Gasteiger partial charge in [0.1, 0.15) is 0 Å². The van der Waals surface area contributed by atoms with E-state index in [0.717, 1.165) is 16.5 Å². The average Bonchev–Trinajstić information content (AvgIpc) is 2.72. The fourth-order valence-corrected chi connectivity index (χ4v) is 3.13. The number of nitrogens with zero attached hydrogens (tertiary/aromatic N) is 1. The standard InChI is InChI=1S/C13H13Cl2NS/c1-9-16-8-13(17-9)6-11(7-14)10-3-2-4-12(15)5-10/h2-5,8,11H,6-7H2,1H3. The number of rotatable bonds is 4. The molecule has 17 heavy (non-hydrogen) atoms. The smallest absolute Gasteiger partial charge is 0.0896 e. The first kappa shape index (κ1) is 12.9. The van der Waals surface area contributed by atoms with Crippen LogP contribution in [0.5, 0.6) is 0 Å². The van der Waals surface area contributed by atoms with Crippen molar-refractivity contribution in [1.29, 1.82) is 0 Å². The minimum atomic E-state index is 0.301. The second-order valence-corrected chi connectivity index (χ2v) is 6.02. The van der Waals surface area contributed by atoms with E-state index in [-0.39, 0.29) is 0 Å². The van der Waals surface area contributed by atoms with Gasteiger partial charge in [-0.25, -0.2) is 4.98 Å². The normalized spacial score (nSPS) is 12.6. The van der Waals surface area contributed by atoms with Crippen LogP contribution in [0.1, 0.15) is 21.4 Å². The van der Waals surface area contributed by atoms with Crippen LogP contribution in [-0.2, 0) is 6.42 Å². The summed E-state index contributed by atoms with van der Waals surface area (Å²) in [4.78, 5) is 5.54. The Morgan fingerprint density at radius 1 is 1.41 bits per heavy atom. The first-order chi connectivity index (χ1) is 8.19. The molecule has 0 bridgehead atoms. The zero-order valence-corrected chi connectivity index (χ0v) is 11.8. The van der Waals surface area contributed by atoms with Gasteiger partial charge in [0.25, 0.3) is 0 Å². The van der Waals surface area contributed by atoms with Crippen molar-refractivity contribution in [3.8, 4) is 0 Å². The Kier molecular flexibility index (Phi) is 4.43. The third-order valence-corrected chi connectivity index (χ3v) is 4.17. The van der Waals surface area contributed by atoms with Gasteiger partial charge in [0.2, 0.25) is 0 Å². The van der Waals surface area contributed by atoms with Crippen molar-refractivity contribution in [3.63, 3.8) is 0 Å². The molecule has 0 fully saturated rings. The van der Waals surface area contributed by atoms with E-state index in [1.807, 2.05) is 31.3 Å². The van der Waals surface area contributed by atoms with Gasteiger partial charge in [-0.05, 0) is 31.0 Å². The molecule has 0 amide bonds. The Morgan fingerprint density at radius 2 is 2.24 bits per heavy atom. The lowest BCUT2D eigenvalue weighted by atomic mass is 9.97. The molecule has 1 unspecified atom stereocenters. The van der Waals surface area contributed by atoms with Gasteiger partial charge in [0.15, 0.2) is 0 Å². The summed E-state index contributed by atoms with van der Waals surface area (Å²) in [5.41, 5.74) is 1.19. The first-order valence-corrected chi connectivity index (χ1v) is 7.14. The van der Waals surface area contributed by atoms with Gasteiger partial charge >= 0.3 is 0 Å². The summed E-state index contributed by atoms with van der Waals surface area (Å²) < 4.78 is 0. The fourth-order valence-electron chi connectivity index (χ4n) is 1.76. The largest absolute Gasteiger partial charge is 0.250 e. The summed E-state index contributed by atoms with van der Waals surface area (Å²) in [7, 11) is 0. The van der Waals surface area contributed by atoms with Crippen LogP contribution in [0, 0.1) is 6.92 Å². The minimum Gasteiger partial charge on any atom is -0.250 e. The average molecular weight is 286 g/mol. The van der Waals surface area contributed by atoms with E-state index in [4.69, 9.17) is 23.2 Å². The van der Waals surface area contributed by atoms with Crippen LogP contribution in [0.15, 0.2) is 30.5 Å². The zero-order valence-electron chi connectivity index (χ0n) is 9.49. The second-order valence-electron chi connectivity index (χ2n) is 3.96. The molecule has 1 atom stereocenters. The maximum Gasteiger partial charge on any atom is 0.0896 e. The number of benzene rings is 1. The molecule has 0 radical (unpaired) electrons. The molecule has 4 heteroatoms. The quantitative estimate of drug-likeness (QED) is 0.744. The number of aromatic nitrogens is 1. The summed E-state index contributed by atoms with van der Waals surface area (Å²) in [6.45, 7) is 2.02. The zero-order chi connectivity index (χ0) is 12.3. The number of hydrogen-bond donors (Lipinski definition) is 0. The van der Waals surface area contributed by atoms with Gasteiger partial charge in [-0.2, -0.15) is 0 Å². The maximum atomic E-state index is 6.05. The topological polar surface area (TPSA) is 12.9 Å². The van der Waals surface area contributed by atoms with Crippen LogP contribution in [0.4, 0.5) is 0 Å². The molecule has 0 saturated carbocycles. The highest BCUT2D eigenvalue weighted by molar-refractivity contribution is 7.11. The molecule has 1 heterocycles. The third kappa shape index (κ3) is 3.44. The van der Waals surface area contributed by atoms with Gasteiger partial charge in [-0.1, -0.05) is 23.7 Å². The third-order valence-electron chi connectivity index (χ3n) is 2.62. The molecule has 2 rings (SSSR count). The van der Waals surface area contributed by atoms with Crippen LogP contribution in [0.2, 0.25) is 5.02 Å².